The molecular weight excluding hydrogens is 238 g/mol. The van der Waals surface area contributed by atoms with Gasteiger partial charge in [-0.3, -0.25) is 9.59 Å². The van der Waals surface area contributed by atoms with E-state index in [4.69, 9.17) is 4.84 Å². The standard InChI is InChI=1S/C12H13NO3S/c1-9(14)16-13-11(15)7-12(13)17-8-10-5-3-2-4-6-10/h2-6,12H,7-8H2,1H3/t12-/m1/s1. The maximum absolute atomic E-state index is 11.2. The normalized spacial score (nSPS) is 18.8. The summed E-state index contributed by atoms with van der Waals surface area (Å²) >= 11 is 1.60. The number of benzene rings is 1. The number of thioether (sulfide) groups is 1. The Kier molecular flexibility index (Phi) is 3.68. The van der Waals surface area contributed by atoms with E-state index in [2.05, 4.69) is 0 Å². The summed E-state index contributed by atoms with van der Waals surface area (Å²) in [5.74, 6) is 0.213. The number of carbonyl (C=O) groups excluding carboxylic acids is 2. The SMILES string of the molecule is CC(=O)ON1C(=O)C[C@H]1SCc1ccccc1. The number of amides is 1. The monoisotopic (exact) mass is 251 g/mol. The molecule has 1 aliphatic rings. The Morgan fingerprint density at radius 2 is 2.18 bits per heavy atom. The minimum absolute atomic E-state index is 0.0494. The van der Waals surface area contributed by atoms with Gasteiger partial charge in [-0.15, -0.1) is 11.8 Å². The van der Waals surface area contributed by atoms with Crippen molar-refractivity contribution >= 4 is 23.6 Å². The van der Waals surface area contributed by atoms with E-state index in [1.807, 2.05) is 30.3 Å². The first kappa shape index (κ1) is 12.0. The largest absolute Gasteiger partial charge is 0.337 e. The Balaban J connectivity index is 1.84. The van der Waals surface area contributed by atoms with Crippen LogP contribution in [-0.2, 0) is 20.2 Å². The fraction of sp³-hybridized carbons (Fsp3) is 0.333. The molecule has 1 amide bonds. The number of hydroxylamine groups is 2. The summed E-state index contributed by atoms with van der Waals surface area (Å²) in [7, 11) is 0. The van der Waals surface area contributed by atoms with Gasteiger partial charge in [0.1, 0.15) is 5.37 Å². The molecule has 1 atom stereocenters. The Labute approximate surface area is 104 Å². The molecule has 1 aliphatic heterocycles. The van der Waals surface area contributed by atoms with Crippen LogP contribution >= 0.6 is 11.8 Å². The van der Waals surface area contributed by atoms with Crippen molar-refractivity contribution in [2.24, 2.45) is 0 Å². The van der Waals surface area contributed by atoms with E-state index in [0.717, 1.165) is 10.8 Å². The van der Waals surface area contributed by atoms with Crippen molar-refractivity contribution < 1.29 is 14.4 Å². The number of carbonyl (C=O) groups is 2. The lowest BCUT2D eigenvalue weighted by molar-refractivity contribution is -0.214. The summed E-state index contributed by atoms with van der Waals surface area (Å²) in [6, 6.07) is 9.98. The lowest BCUT2D eigenvalue weighted by Gasteiger charge is -2.36. The summed E-state index contributed by atoms with van der Waals surface area (Å²) < 4.78 is 0. The van der Waals surface area contributed by atoms with Crippen LogP contribution in [0.2, 0.25) is 0 Å². The van der Waals surface area contributed by atoms with Crippen molar-refractivity contribution in [3.05, 3.63) is 35.9 Å². The molecule has 0 radical (unpaired) electrons. The fourth-order valence-electron chi connectivity index (χ4n) is 1.51. The highest BCUT2D eigenvalue weighted by molar-refractivity contribution is 7.99. The maximum Gasteiger partial charge on any atom is 0.329 e. The summed E-state index contributed by atoms with van der Waals surface area (Å²) in [5.41, 5.74) is 1.19. The molecule has 0 aliphatic carbocycles. The van der Waals surface area contributed by atoms with Gasteiger partial charge in [0.25, 0.3) is 5.91 Å². The topological polar surface area (TPSA) is 46.6 Å². The summed E-state index contributed by atoms with van der Waals surface area (Å²) in [6.45, 7) is 1.30. The second-order valence-electron chi connectivity index (χ2n) is 3.76. The number of rotatable bonds is 4. The van der Waals surface area contributed by atoms with Gasteiger partial charge in [-0.25, -0.2) is 0 Å². The second-order valence-corrected chi connectivity index (χ2v) is 4.92. The van der Waals surface area contributed by atoms with Crippen LogP contribution in [0.1, 0.15) is 18.9 Å². The van der Waals surface area contributed by atoms with Crippen LogP contribution in [0.15, 0.2) is 30.3 Å². The number of nitrogens with zero attached hydrogens (tertiary/aromatic N) is 1. The third-order valence-electron chi connectivity index (χ3n) is 2.37. The first-order valence-electron chi connectivity index (χ1n) is 5.33. The second kappa shape index (κ2) is 5.23. The van der Waals surface area contributed by atoms with Gasteiger partial charge in [0, 0.05) is 12.7 Å². The van der Waals surface area contributed by atoms with Crippen LogP contribution < -0.4 is 0 Å². The van der Waals surface area contributed by atoms with Gasteiger partial charge in [0.15, 0.2) is 0 Å². The van der Waals surface area contributed by atoms with Gasteiger partial charge in [0.2, 0.25) is 0 Å². The van der Waals surface area contributed by atoms with Crippen LogP contribution in [0.3, 0.4) is 0 Å². The molecule has 0 N–H and O–H groups in total. The van der Waals surface area contributed by atoms with Gasteiger partial charge in [0.05, 0.1) is 6.42 Å². The fourth-order valence-corrected chi connectivity index (χ4v) is 2.65. The van der Waals surface area contributed by atoms with Crippen molar-refractivity contribution in [1.82, 2.24) is 5.06 Å². The van der Waals surface area contributed by atoms with Crippen LogP contribution in [0.4, 0.5) is 0 Å². The molecule has 0 spiro atoms. The first-order chi connectivity index (χ1) is 8.16. The minimum Gasteiger partial charge on any atom is -0.337 e. The predicted octanol–water partition coefficient (Wildman–Crippen LogP) is 1.96. The van der Waals surface area contributed by atoms with E-state index in [0.29, 0.717) is 6.42 Å². The molecular formula is C12H13NO3S. The molecule has 0 aromatic heterocycles. The molecule has 0 bridgehead atoms. The molecule has 1 fully saturated rings. The van der Waals surface area contributed by atoms with Gasteiger partial charge >= 0.3 is 5.97 Å². The van der Waals surface area contributed by atoms with E-state index in [-0.39, 0.29) is 11.3 Å². The molecule has 2 rings (SSSR count). The molecule has 1 aromatic rings. The summed E-state index contributed by atoms with van der Waals surface area (Å²) in [5, 5.41) is 1.11. The van der Waals surface area contributed by atoms with E-state index in [1.165, 1.54) is 12.5 Å². The molecule has 17 heavy (non-hydrogen) atoms. The first-order valence-corrected chi connectivity index (χ1v) is 6.38. The van der Waals surface area contributed by atoms with Gasteiger partial charge < -0.3 is 4.84 Å². The molecule has 1 aromatic carbocycles. The van der Waals surface area contributed by atoms with E-state index in [9.17, 15) is 9.59 Å². The van der Waals surface area contributed by atoms with Gasteiger partial charge in [-0.1, -0.05) is 30.3 Å². The van der Waals surface area contributed by atoms with Gasteiger partial charge in [-0.05, 0) is 5.56 Å². The average Bonchev–Trinajstić information content (AvgIpc) is 2.33. The highest BCUT2D eigenvalue weighted by Gasteiger charge is 2.39. The van der Waals surface area contributed by atoms with E-state index < -0.39 is 5.97 Å². The van der Waals surface area contributed by atoms with Crippen molar-refractivity contribution in [1.29, 1.82) is 0 Å². The molecule has 4 nitrogen and oxygen atoms in total. The highest BCUT2D eigenvalue weighted by atomic mass is 32.2. The Hall–Kier alpha value is -1.49. The molecule has 1 heterocycles. The Morgan fingerprint density at radius 1 is 1.47 bits per heavy atom. The van der Waals surface area contributed by atoms with Gasteiger partial charge in [-0.2, -0.15) is 5.06 Å². The maximum atomic E-state index is 11.2. The van der Waals surface area contributed by atoms with Crippen LogP contribution in [0, 0.1) is 0 Å². The van der Waals surface area contributed by atoms with Crippen LogP contribution in [-0.4, -0.2) is 22.3 Å². The van der Waals surface area contributed by atoms with Crippen LogP contribution in [0.25, 0.3) is 0 Å². The molecule has 0 unspecified atom stereocenters. The quantitative estimate of drug-likeness (QED) is 0.767. The van der Waals surface area contributed by atoms with E-state index >= 15 is 0 Å². The summed E-state index contributed by atoms with van der Waals surface area (Å²) in [4.78, 5) is 26.8. The molecule has 0 saturated carbocycles. The van der Waals surface area contributed by atoms with Crippen LogP contribution in [0.5, 0.6) is 0 Å². The molecule has 5 heteroatoms. The lowest BCUT2D eigenvalue weighted by atomic mass is 10.2. The summed E-state index contributed by atoms with van der Waals surface area (Å²) in [6.07, 6.45) is 0.435. The van der Waals surface area contributed by atoms with Crippen molar-refractivity contribution in [3.8, 4) is 0 Å². The smallest absolute Gasteiger partial charge is 0.329 e. The predicted molar refractivity (Wildman–Crippen MR) is 64.8 cm³/mol. The number of hydrogen-bond acceptors (Lipinski definition) is 4. The third kappa shape index (κ3) is 3.00. The third-order valence-corrected chi connectivity index (χ3v) is 3.61. The lowest BCUT2D eigenvalue weighted by Crippen LogP contribution is -2.51. The average molecular weight is 251 g/mol. The zero-order chi connectivity index (χ0) is 12.3. The Morgan fingerprint density at radius 3 is 2.76 bits per heavy atom. The minimum atomic E-state index is -0.455. The molecule has 1 saturated heterocycles. The number of hydrogen-bond donors (Lipinski definition) is 0. The van der Waals surface area contributed by atoms with Crippen molar-refractivity contribution in [3.63, 3.8) is 0 Å². The Bertz CT molecular complexity index is 421. The zero-order valence-corrected chi connectivity index (χ0v) is 10.3. The number of β-lactam (4-membered cyclic amide) rings is 1. The zero-order valence-electron chi connectivity index (χ0n) is 9.46. The highest BCUT2D eigenvalue weighted by Crippen LogP contribution is 2.31. The van der Waals surface area contributed by atoms with E-state index in [1.54, 1.807) is 11.8 Å². The molecule has 90 valence electrons. The van der Waals surface area contributed by atoms with Crippen molar-refractivity contribution in [2.75, 3.05) is 0 Å². The van der Waals surface area contributed by atoms with Crippen molar-refractivity contribution in [2.45, 2.75) is 24.5 Å².